The summed E-state index contributed by atoms with van der Waals surface area (Å²) in [6.45, 7) is 8.53. The summed E-state index contributed by atoms with van der Waals surface area (Å²) in [5, 5.41) is 0. The molecule has 0 amide bonds. The lowest BCUT2D eigenvalue weighted by Gasteiger charge is -2.32. The first-order valence-corrected chi connectivity index (χ1v) is 13.5. The van der Waals surface area contributed by atoms with Crippen LogP contribution in [0.4, 0.5) is 0 Å². The van der Waals surface area contributed by atoms with Crippen molar-refractivity contribution in [3.63, 3.8) is 0 Å². The number of phosphoric ester groups is 2. The number of unbranched alkanes of at least 4 members (excludes halogenated alkanes) is 2. The molecule has 0 rings (SSSR count). The van der Waals surface area contributed by atoms with E-state index in [4.69, 9.17) is 33.4 Å². The Bertz CT molecular complexity index is 475. The predicted octanol–water partition coefficient (Wildman–Crippen LogP) is 4.68. The molecule has 0 saturated heterocycles. The molecule has 176 valence electrons. The number of ether oxygens (including phenoxy) is 1. The van der Waals surface area contributed by atoms with E-state index in [2.05, 4.69) is 0 Å². The van der Waals surface area contributed by atoms with Gasteiger partial charge in [-0.1, -0.05) is 27.7 Å². The van der Waals surface area contributed by atoms with Crippen molar-refractivity contribution in [2.45, 2.75) is 103 Å². The first-order chi connectivity index (χ1) is 13.4. The van der Waals surface area contributed by atoms with Crippen molar-refractivity contribution in [2.75, 3.05) is 13.2 Å². The van der Waals surface area contributed by atoms with Gasteiger partial charge in [0, 0.05) is 13.2 Å². The van der Waals surface area contributed by atoms with E-state index in [1.807, 2.05) is 27.7 Å². The summed E-state index contributed by atoms with van der Waals surface area (Å²) in [5.74, 6) is 0. The lowest BCUT2D eigenvalue weighted by Crippen LogP contribution is -2.30. The molecule has 0 heterocycles. The van der Waals surface area contributed by atoms with Crippen LogP contribution >= 0.6 is 15.6 Å². The van der Waals surface area contributed by atoms with Crippen LogP contribution in [0.15, 0.2) is 0 Å². The van der Waals surface area contributed by atoms with Gasteiger partial charge in [-0.3, -0.25) is 9.05 Å². The van der Waals surface area contributed by atoms with E-state index in [-0.39, 0.29) is 0 Å². The van der Waals surface area contributed by atoms with Crippen molar-refractivity contribution in [2.24, 2.45) is 0 Å². The Morgan fingerprint density at radius 3 is 1.17 bits per heavy atom. The number of hydrogen-bond donors (Lipinski definition) is 4. The minimum atomic E-state index is -4.52. The fourth-order valence-electron chi connectivity index (χ4n) is 3.47. The predicted molar refractivity (Wildman–Crippen MR) is 111 cm³/mol. The Hall–Kier alpha value is 0.180. The van der Waals surface area contributed by atoms with Gasteiger partial charge in [0.2, 0.25) is 0 Å². The Kier molecular flexibility index (Phi) is 13.6. The summed E-state index contributed by atoms with van der Waals surface area (Å²) in [6.07, 6.45) is 6.26. The normalized spacial score (nSPS) is 13.8. The van der Waals surface area contributed by atoms with Crippen LogP contribution < -0.4 is 0 Å². The molecule has 0 aromatic carbocycles. The largest absolute Gasteiger partial charge is 0.470 e. The highest BCUT2D eigenvalue weighted by atomic mass is 31.2. The summed E-state index contributed by atoms with van der Waals surface area (Å²) in [4.78, 5) is 36.4. The molecule has 29 heavy (non-hydrogen) atoms. The number of rotatable bonds is 18. The molecule has 0 aromatic rings. The van der Waals surface area contributed by atoms with E-state index in [0.717, 1.165) is 25.7 Å². The Labute approximate surface area is 175 Å². The molecule has 0 bridgehead atoms. The fraction of sp³-hybridized carbons (Fsp3) is 1.00. The molecule has 0 spiro atoms. The van der Waals surface area contributed by atoms with Crippen LogP contribution in [0.5, 0.6) is 0 Å². The maximum Gasteiger partial charge on any atom is 0.470 e. The van der Waals surface area contributed by atoms with E-state index >= 15 is 0 Å². The van der Waals surface area contributed by atoms with Crippen molar-refractivity contribution in [3.05, 3.63) is 0 Å². The van der Waals surface area contributed by atoms with Crippen LogP contribution in [-0.2, 0) is 22.9 Å². The topological polar surface area (TPSA) is 143 Å². The van der Waals surface area contributed by atoms with Crippen LogP contribution in [-0.4, -0.2) is 44.0 Å². The third-order valence-electron chi connectivity index (χ3n) is 5.54. The Balaban J connectivity index is 4.10. The van der Waals surface area contributed by atoms with Gasteiger partial charge >= 0.3 is 15.6 Å². The van der Waals surface area contributed by atoms with E-state index in [1.165, 1.54) is 0 Å². The molecule has 0 aromatic heterocycles. The standard InChI is InChI=1S/C18H40O9P2/c1-5-17(6-2,26-28(19,20)21)13-9-11-15-25-16-12-10-14-18(7-3,8-4)27-29(22,23)24/h5-16H2,1-4H3,(H2,19,20,21)(H2,22,23,24). The van der Waals surface area contributed by atoms with Crippen LogP contribution in [0.3, 0.4) is 0 Å². The monoisotopic (exact) mass is 462 g/mol. The number of phosphoric acid groups is 2. The van der Waals surface area contributed by atoms with Crippen LogP contribution in [0.25, 0.3) is 0 Å². The fourth-order valence-corrected chi connectivity index (χ4v) is 5.17. The zero-order chi connectivity index (χ0) is 22.6. The third-order valence-corrected chi connectivity index (χ3v) is 6.79. The number of hydrogen-bond acceptors (Lipinski definition) is 5. The van der Waals surface area contributed by atoms with E-state index in [1.54, 1.807) is 0 Å². The second-order valence-corrected chi connectivity index (χ2v) is 9.80. The molecule has 0 radical (unpaired) electrons. The smallest absolute Gasteiger partial charge is 0.381 e. The molecule has 4 N–H and O–H groups in total. The first kappa shape index (κ1) is 29.2. The molecule has 0 aliphatic heterocycles. The molecule has 11 heteroatoms. The van der Waals surface area contributed by atoms with E-state index in [0.29, 0.717) is 51.7 Å². The second kappa shape index (κ2) is 13.6. The maximum atomic E-state index is 11.2. The van der Waals surface area contributed by atoms with Gasteiger partial charge in [-0.2, -0.15) is 0 Å². The highest BCUT2D eigenvalue weighted by Gasteiger charge is 2.35. The molecule has 9 nitrogen and oxygen atoms in total. The summed E-state index contributed by atoms with van der Waals surface area (Å²) in [5.41, 5.74) is -1.61. The van der Waals surface area contributed by atoms with Gasteiger partial charge in [-0.25, -0.2) is 9.13 Å². The zero-order valence-electron chi connectivity index (χ0n) is 18.2. The molecule has 0 atom stereocenters. The molecular weight excluding hydrogens is 422 g/mol. The van der Waals surface area contributed by atoms with Crippen molar-refractivity contribution in [1.29, 1.82) is 0 Å². The minimum Gasteiger partial charge on any atom is -0.381 e. The van der Waals surface area contributed by atoms with E-state index in [9.17, 15) is 9.13 Å². The summed E-state index contributed by atoms with van der Waals surface area (Å²) < 4.78 is 38.0. The first-order valence-electron chi connectivity index (χ1n) is 10.5. The third kappa shape index (κ3) is 13.2. The second-order valence-electron chi connectivity index (χ2n) is 7.47. The van der Waals surface area contributed by atoms with Crippen molar-refractivity contribution >= 4 is 15.6 Å². The van der Waals surface area contributed by atoms with Gasteiger partial charge in [0.25, 0.3) is 0 Å². The van der Waals surface area contributed by atoms with Gasteiger partial charge in [-0.05, 0) is 64.2 Å². The molecule has 0 aliphatic rings. The minimum absolute atomic E-state index is 0.531. The van der Waals surface area contributed by atoms with Gasteiger partial charge in [0.1, 0.15) is 0 Å². The van der Waals surface area contributed by atoms with Crippen molar-refractivity contribution < 1.29 is 42.5 Å². The lowest BCUT2D eigenvalue weighted by atomic mass is 9.91. The molecular formula is C18H40O9P2. The maximum absolute atomic E-state index is 11.2. The van der Waals surface area contributed by atoms with Crippen molar-refractivity contribution in [3.8, 4) is 0 Å². The highest BCUT2D eigenvalue weighted by Crippen LogP contribution is 2.46. The Morgan fingerprint density at radius 1 is 0.621 bits per heavy atom. The molecule has 0 fully saturated rings. The van der Waals surface area contributed by atoms with E-state index < -0.39 is 26.8 Å². The zero-order valence-corrected chi connectivity index (χ0v) is 20.0. The van der Waals surface area contributed by atoms with Crippen LogP contribution in [0.1, 0.15) is 91.9 Å². The Morgan fingerprint density at radius 2 is 0.931 bits per heavy atom. The van der Waals surface area contributed by atoms with Gasteiger partial charge in [0.05, 0.1) is 11.2 Å². The SMILES string of the molecule is CCC(CC)(CCCCOCCCCC(CC)(CC)OP(=O)(O)O)OP(=O)(O)O. The summed E-state index contributed by atoms with van der Waals surface area (Å²) in [6, 6.07) is 0. The average molecular weight is 462 g/mol. The summed E-state index contributed by atoms with van der Waals surface area (Å²) >= 11 is 0. The quantitative estimate of drug-likeness (QED) is 0.169. The van der Waals surface area contributed by atoms with Crippen LogP contribution in [0.2, 0.25) is 0 Å². The van der Waals surface area contributed by atoms with Gasteiger partial charge < -0.3 is 24.3 Å². The van der Waals surface area contributed by atoms with Gasteiger partial charge in [-0.15, -0.1) is 0 Å². The van der Waals surface area contributed by atoms with Crippen LogP contribution in [0, 0.1) is 0 Å². The highest BCUT2D eigenvalue weighted by molar-refractivity contribution is 7.46. The molecule has 0 unspecified atom stereocenters. The average Bonchev–Trinajstić information content (AvgIpc) is 2.62. The summed E-state index contributed by atoms with van der Waals surface area (Å²) in [7, 11) is -9.03. The van der Waals surface area contributed by atoms with Crippen molar-refractivity contribution in [1.82, 2.24) is 0 Å². The molecule has 0 saturated carbocycles. The van der Waals surface area contributed by atoms with Gasteiger partial charge in [0.15, 0.2) is 0 Å². The molecule has 0 aliphatic carbocycles. The lowest BCUT2D eigenvalue weighted by molar-refractivity contribution is 0.0139.